The Morgan fingerprint density at radius 2 is 1.90 bits per heavy atom. The molecule has 0 radical (unpaired) electrons. The van der Waals surface area contributed by atoms with E-state index in [1.807, 2.05) is 12.3 Å². The van der Waals surface area contributed by atoms with Crippen molar-refractivity contribution >= 4 is 72.3 Å². The standard InChI is InChI=1S/C22H17IN4S4/c1-12-7-9-28-19(12)21-15(11-24)18(26-3)22(31-21)20-13(2)10-17(30-20)16-5-4-14(29-16)6-8-27-23-25/h4-5,7,9-10H,6,8H2,1-2H3,(H2,25,27). The Labute approximate surface area is 208 Å². The lowest BCUT2D eigenvalue weighted by Gasteiger charge is -1.97. The van der Waals surface area contributed by atoms with Crippen molar-refractivity contribution in [3.05, 3.63) is 62.6 Å². The monoisotopic (exact) mass is 592 g/mol. The summed E-state index contributed by atoms with van der Waals surface area (Å²) in [6, 6.07) is 10.9. The van der Waals surface area contributed by atoms with Crippen LogP contribution in [0, 0.1) is 35.3 Å². The largest absolute Gasteiger partial charge is 0.264 e. The average Bonchev–Trinajstić information content (AvgIpc) is 3.53. The molecule has 9 heteroatoms. The van der Waals surface area contributed by atoms with Gasteiger partial charge in [-0.2, -0.15) is 5.26 Å². The van der Waals surface area contributed by atoms with Gasteiger partial charge < -0.3 is 0 Å². The predicted molar refractivity (Wildman–Crippen MR) is 143 cm³/mol. The van der Waals surface area contributed by atoms with Gasteiger partial charge >= 0.3 is 0 Å². The number of halogens is 1. The zero-order valence-electron chi connectivity index (χ0n) is 16.7. The topological polar surface area (TPSA) is 64.0 Å². The molecule has 156 valence electrons. The highest BCUT2D eigenvalue weighted by molar-refractivity contribution is 14.1. The van der Waals surface area contributed by atoms with E-state index < -0.39 is 21.3 Å². The minimum absolute atomic E-state index is 0.475. The van der Waals surface area contributed by atoms with Crippen LogP contribution in [-0.2, 0) is 6.42 Å². The van der Waals surface area contributed by atoms with Gasteiger partial charge in [-0.05, 0) is 61.0 Å². The summed E-state index contributed by atoms with van der Waals surface area (Å²) in [5, 5.41) is 11.9. The van der Waals surface area contributed by atoms with Crippen LogP contribution in [0.3, 0.4) is 0 Å². The minimum Gasteiger partial charge on any atom is -0.264 e. The van der Waals surface area contributed by atoms with Crippen molar-refractivity contribution in [3.8, 4) is 35.3 Å². The molecule has 4 aromatic heterocycles. The molecule has 4 rings (SSSR count). The Bertz CT molecular complexity index is 1340. The molecule has 0 bridgehead atoms. The number of thiophene rings is 4. The maximum Gasteiger partial charge on any atom is 0.224 e. The highest BCUT2D eigenvalue weighted by atomic mass is 127. The molecule has 0 aliphatic heterocycles. The zero-order valence-corrected chi connectivity index (χ0v) is 22.1. The van der Waals surface area contributed by atoms with E-state index in [1.54, 1.807) is 45.3 Å². The van der Waals surface area contributed by atoms with E-state index in [2.05, 4.69) is 45.6 Å². The Morgan fingerprint density at radius 1 is 1.06 bits per heavy atom. The number of aryl methyl sites for hydroxylation is 2. The quantitative estimate of drug-likeness (QED) is 0.0976. The van der Waals surface area contributed by atoms with Crippen LogP contribution in [0.5, 0.6) is 0 Å². The van der Waals surface area contributed by atoms with Gasteiger partial charge in [0.1, 0.15) is 0 Å². The molecule has 4 nitrogen and oxygen atoms in total. The Hall–Kier alpha value is -1.73. The third kappa shape index (κ3) is 4.44. The van der Waals surface area contributed by atoms with Gasteiger partial charge in [0.15, 0.2) is 0 Å². The van der Waals surface area contributed by atoms with Gasteiger partial charge in [-0.15, -0.1) is 45.3 Å². The fourth-order valence-electron chi connectivity index (χ4n) is 3.24. The molecular weight excluding hydrogens is 575 g/mol. The molecule has 0 atom stereocenters. The van der Waals surface area contributed by atoms with Crippen LogP contribution in [0.4, 0.5) is 5.69 Å². The predicted octanol–water partition coefficient (Wildman–Crippen LogP) is 8.75. The molecule has 0 fully saturated rings. The Morgan fingerprint density at radius 3 is 2.58 bits per heavy atom. The number of hydrogen-bond donors (Lipinski definition) is 2. The molecule has 0 aliphatic rings. The molecule has 31 heavy (non-hydrogen) atoms. The first-order valence-electron chi connectivity index (χ1n) is 9.28. The van der Waals surface area contributed by atoms with Gasteiger partial charge in [0, 0.05) is 30.9 Å². The van der Waals surface area contributed by atoms with Crippen LogP contribution >= 0.6 is 66.7 Å². The molecule has 0 saturated carbocycles. The van der Waals surface area contributed by atoms with E-state index in [1.165, 1.54) is 14.6 Å². The molecule has 0 unspecified atom stereocenters. The van der Waals surface area contributed by atoms with Gasteiger partial charge in [-0.1, -0.05) is 0 Å². The zero-order chi connectivity index (χ0) is 22.0. The second-order valence-corrected chi connectivity index (χ2v) is 12.2. The molecule has 0 aromatic carbocycles. The summed E-state index contributed by atoms with van der Waals surface area (Å²) in [5.41, 5.74) is 3.25. The molecule has 4 aromatic rings. The van der Waals surface area contributed by atoms with Crippen LogP contribution in [0.1, 0.15) is 21.6 Å². The van der Waals surface area contributed by atoms with Crippen molar-refractivity contribution in [2.24, 2.45) is 0 Å². The summed E-state index contributed by atoms with van der Waals surface area (Å²) < 4.78 is 10.5. The fourth-order valence-corrected chi connectivity index (χ4v) is 8.58. The number of nitrogens with zero attached hydrogens (tertiary/aromatic N) is 2. The van der Waals surface area contributed by atoms with Crippen LogP contribution < -0.4 is 3.53 Å². The Balaban J connectivity index is 1.75. The molecule has 0 saturated heterocycles. The lowest BCUT2D eigenvalue weighted by molar-refractivity contribution is 0.948. The van der Waals surface area contributed by atoms with Crippen LogP contribution in [0.2, 0.25) is 0 Å². The summed E-state index contributed by atoms with van der Waals surface area (Å²) in [7, 11) is 0. The minimum atomic E-state index is -0.618. The van der Waals surface area contributed by atoms with Gasteiger partial charge in [0.2, 0.25) is 5.69 Å². The average molecular weight is 593 g/mol. The summed E-state index contributed by atoms with van der Waals surface area (Å²) in [4.78, 5) is 11.5. The van der Waals surface area contributed by atoms with Crippen LogP contribution in [0.25, 0.3) is 34.1 Å². The normalized spacial score (nSPS) is 10.8. The van der Waals surface area contributed by atoms with E-state index in [0.29, 0.717) is 11.3 Å². The SMILES string of the molecule is [C-]#[N+]c1c(-c2sc(-c3ccc(CCNI=N)s3)cc2C)sc(-c2sccc2C)c1C#N. The lowest BCUT2D eigenvalue weighted by Crippen LogP contribution is -2.02. The summed E-state index contributed by atoms with van der Waals surface area (Å²) in [6.07, 6.45) is 0.947. The number of nitriles is 1. The van der Waals surface area contributed by atoms with E-state index in [0.717, 1.165) is 43.6 Å². The molecule has 4 heterocycles. The Kier molecular flexibility index (Phi) is 7.12. The maximum absolute atomic E-state index is 9.83. The van der Waals surface area contributed by atoms with E-state index in [9.17, 15) is 5.26 Å². The number of hydrogen-bond acceptors (Lipinski definition) is 6. The second-order valence-electron chi connectivity index (χ2n) is 6.76. The maximum atomic E-state index is 9.83. The molecular formula is C22H17IN4S4. The summed E-state index contributed by atoms with van der Waals surface area (Å²) in [5.74, 6) is 0. The second kappa shape index (κ2) is 9.82. The van der Waals surface area contributed by atoms with Gasteiger partial charge in [0.25, 0.3) is 0 Å². The molecule has 0 aliphatic carbocycles. The van der Waals surface area contributed by atoms with Crippen LogP contribution in [0.15, 0.2) is 29.6 Å². The molecule has 0 amide bonds. The number of rotatable bonds is 7. The molecule has 0 spiro atoms. The van der Waals surface area contributed by atoms with E-state index in [-0.39, 0.29) is 0 Å². The lowest BCUT2D eigenvalue weighted by atomic mass is 10.1. The van der Waals surface area contributed by atoms with Crippen molar-refractivity contribution in [1.82, 2.24) is 3.53 Å². The highest BCUT2D eigenvalue weighted by Gasteiger charge is 2.24. The van der Waals surface area contributed by atoms with Gasteiger partial charge in [-0.3, -0.25) is 7.09 Å². The first kappa shape index (κ1) is 22.5. The van der Waals surface area contributed by atoms with Crippen LogP contribution in [-0.4, -0.2) is 6.54 Å². The summed E-state index contributed by atoms with van der Waals surface area (Å²) in [6.45, 7) is 12.8. The van der Waals surface area contributed by atoms with Crippen molar-refractivity contribution in [2.45, 2.75) is 20.3 Å². The van der Waals surface area contributed by atoms with E-state index >= 15 is 0 Å². The van der Waals surface area contributed by atoms with Gasteiger partial charge in [-0.25, -0.2) is 4.85 Å². The molecule has 2 N–H and O–H groups in total. The summed E-state index contributed by atoms with van der Waals surface area (Å²) >= 11 is 6.06. The smallest absolute Gasteiger partial charge is 0.224 e. The van der Waals surface area contributed by atoms with Crippen molar-refractivity contribution < 1.29 is 0 Å². The fraction of sp³-hybridized carbons (Fsp3) is 0.182. The first-order chi connectivity index (χ1) is 15.1. The van der Waals surface area contributed by atoms with Crippen molar-refractivity contribution in [1.29, 1.82) is 8.82 Å². The highest BCUT2D eigenvalue weighted by Crippen LogP contribution is 2.52. The van der Waals surface area contributed by atoms with Gasteiger partial charge in [0.05, 0.1) is 49.3 Å². The number of nitrogens with one attached hydrogen (secondary N) is 2. The van der Waals surface area contributed by atoms with Crippen molar-refractivity contribution in [3.63, 3.8) is 0 Å². The van der Waals surface area contributed by atoms with E-state index in [4.69, 9.17) is 10.1 Å². The first-order valence-corrected chi connectivity index (χ1v) is 14.8. The third-order valence-corrected chi connectivity index (χ3v) is 10.8. The van der Waals surface area contributed by atoms with Crippen molar-refractivity contribution in [2.75, 3.05) is 6.54 Å². The third-order valence-electron chi connectivity index (χ3n) is 4.74.